The van der Waals surface area contributed by atoms with E-state index in [2.05, 4.69) is 16.7 Å². The van der Waals surface area contributed by atoms with Gasteiger partial charge >= 0.3 is 0 Å². The van der Waals surface area contributed by atoms with Crippen molar-refractivity contribution in [1.82, 2.24) is 4.90 Å². The van der Waals surface area contributed by atoms with Crippen LogP contribution in [-0.2, 0) is 6.54 Å². The molecule has 1 heterocycles. The van der Waals surface area contributed by atoms with Gasteiger partial charge in [0.05, 0.1) is 5.56 Å². The van der Waals surface area contributed by atoms with Crippen LogP contribution in [0.4, 0.5) is 4.39 Å². The lowest BCUT2D eigenvalue weighted by Gasteiger charge is -2.15. The van der Waals surface area contributed by atoms with Gasteiger partial charge in [0.2, 0.25) is 0 Å². The molecule has 0 bridgehead atoms. The van der Waals surface area contributed by atoms with Crippen molar-refractivity contribution in [3.63, 3.8) is 0 Å². The van der Waals surface area contributed by atoms with Gasteiger partial charge in [-0.1, -0.05) is 17.9 Å². The third kappa shape index (κ3) is 3.77. The zero-order valence-corrected chi connectivity index (χ0v) is 10.8. The molecule has 1 atom stereocenters. The molecule has 1 aromatic rings. The zero-order valence-electron chi connectivity index (χ0n) is 10.8. The quantitative estimate of drug-likeness (QED) is 0.799. The molecule has 0 spiro atoms. The molecule has 2 N–H and O–H groups in total. The Hall–Kier alpha value is -1.41. The molecule has 4 heteroatoms. The number of rotatable bonds is 3. The fourth-order valence-corrected chi connectivity index (χ4v) is 2.37. The molecule has 1 fully saturated rings. The summed E-state index contributed by atoms with van der Waals surface area (Å²) in [5.74, 6) is 5.07. The fraction of sp³-hybridized carbons (Fsp3) is 0.467. The van der Waals surface area contributed by atoms with Gasteiger partial charge < -0.3 is 10.2 Å². The van der Waals surface area contributed by atoms with E-state index < -0.39 is 0 Å². The molecule has 0 amide bonds. The molecule has 0 aromatic heterocycles. The number of hydrogen-bond donors (Lipinski definition) is 2. The van der Waals surface area contributed by atoms with Crippen molar-refractivity contribution < 1.29 is 14.6 Å². The van der Waals surface area contributed by atoms with Gasteiger partial charge in [0.15, 0.2) is 0 Å². The summed E-state index contributed by atoms with van der Waals surface area (Å²) in [4.78, 5) is 2.25. The number of hydrogen-bond acceptors (Lipinski definition) is 3. The molecule has 1 aromatic carbocycles. The summed E-state index contributed by atoms with van der Waals surface area (Å²) in [6.07, 6.45) is 1.01. The molecule has 1 aliphatic heterocycles. The molecule has 1 saturated heterocycles. The van der Waals surface area contributed by atoms with Crippen molar-refractivity contribution in [3.05, 3.63) is 35.1 Å². The zero-order chi connectivity index (χ0) is 13.7. The predicted octanol–water partition coefficient (Wildman–Crippen LogP) is 0.984. The largest absolute Gasteiger partial charge is 0.396 e. The van der Waals surface area contributed by atoms with Crippen molar-refractivity contribution >= 4 is 0 Å². The fourth-order valence-electron chi connectivity index (χ4n) is 2.37. The van der Waals surface area contributed by atoms with Crippen molar-refractivity contribution in [1.29, 1.82) is 0 Å². The number of benzene rings is 1. The van der Waals surface area contributed by atoms with Gasteiger partial charge in [-0.15, -0.1) is 0 Å². The Morgan fingerprint density at radius 1 is 1.37 bits per heavy atom. The summed E-state index contributed by atoms with van der Waals surface area (Å²) in [6.45, 7) is 2.54. The van der Waals surface area contributed by atoms with Gasteiger partial charge in [-0.2, -0.15) is 0 Å². The maximum absolute atomic E-state index is 13.5. The second-order valence-corrected chi connectivity index (χ2v) is 4.85. The van der Waals surface area contributed by atoms with E-state index in [9.17, 15) is 4.39 Å². The third-order valence-electron chi connectivity index (χ3n) is 3.37. The summed E-state index contributed by atoms with van der Waals surface area (Å²) in [6, 6.07) is 4.90. The third-order valence-corrected chi connectivity index (χ3v) is 3.37. The Morgan fingerprint density at radius 3 is 2.89 bits per heavy atom. The van der Waals surface area contributed by atoms with Crippen molar-refractivity contribution in [2.75, 3.05) is 26.3 Å². The molecule has 1 unspecified atom stereocenters. The predicted molar refractivity (Wildman–Crippen MR) is 70.8 cm³/mol. The van der Waals surface area contributed by atoms with Crippen LogP contribution in [0, 0.1) is 23.6 Å². The van der Waals surface area contributed by atoms with Crippen LogP contribution in [0.1, 0.15) is 17.5 Å². The van der Waals surface area contributed by atoms with E-state index in [4.69, 9.17) is 10.2 Å². The van der Waals surface area contributed by atoms with Gasteiger partial charge in [0.1, 0.15) is 12.4 Å². The average molecular weight is 263 g/mol. The van der Waals surface area contributed by atoms with Crippen LogP contribution in [0.5, 0.6) is 0 Å². The smallest absolute Gasteiger partial charge is 0.138 e. The standard InChI is InChI=1S/C15H18FNO2/c16-15-4-3-12(8-14(15)2-1-7-18)9-17-6-5-13(10-17)11-19/h3-4,8,13,18-19H,5-7,9-11H2. The second-order valence-electron chi connectivity index (χ2n) is 4.85. The van der Waals surface area contributed by atoms with Crippen LogP contribution in [0.2, 0.25) is 0 Å². The number of halogens is 1. The average Bonchev–Trinajstić information content (AvgIpc) is 2.87. The molecule has 0 aliphatic carbocycles. The summed E-state index contributed by atoms with van der Waals surface area (Å²) in [5.41, 5.74) is 1.33. The van der Waals surface area contributed by atoms with Crippen LogP contribution < -0.4 is 0 Å². The van der Waals surface area contributed by atoms with Gasteiger partial charge in [-0.25, -0.2) is 4.39 Å². The summed E-state index contributed by atoms with van der Waals surface area (Å²) >= 11 is 0. The van der Waals surface area contributed by atoms with E-state index in [0.717, 1.165) is 31.6 Å². The SMILES string of the molecule is OCC#Cc1cc(CN2CCC(CO)C2)ccc1F. The van der Waals surface area contributed by atoms with Crippen molar-refractivity contribution in [2.45, 2.75) is 13.0 Å². The highest BCUT2D eigenvalue weighted by Crippen LogP contribution is 2.19. The molecule has 0 saturated carbocycles. The minimum Gasteiger partial charge on any atom is -0.396 e. The lowest BCUT2D eigenvalue weighted by Crippen LogP contribution is -2.21. The summed E-state index contributed by atoms with van der Waals surface area (Å²) in [5, 5.41) is 17.8. The van der Waals surface area contributed by atoms with E-state index in [1.165, 1.54) is 6.07 Å². The molecule has 1 aliphatic rings. The van der Waals surface area contributed by atoms with E-state index >= 15 is 0 Å². The summed E-state index contributed by atoms with van der Waals surface area (Å²) < 4.78 is 13.5. The molecule has 3 nitrogen and oxygen atoms in total. The maximum atomic E-state index is 13.5. The normalized spacial score (nSPS) is 19.2. The van der Waals surface area contributed by atoms with E-state index in [1.807, 2.05) is 0 Å². The van der Waals surface area contributed by atoms with E-state index in [-0.39, 0.29) is 19.0 Å². The van der Waals surface area contributed by atoms with Gasteiger partial charge in [0.25, 0.3) is 0 Å². The first-order chi connectivity index (χ1) is 9.22. The first-order valence-electron chi connectivity index (χ1n) is 6.44. The Bertz CT molecular complexity index is 493. The minimum atomic E-state index is -0.362. The molecule has 2 rings (SSSR count). The van der Waals surface area contributed by atoms with Crippen LogP contribution in [0.3, 0.4) is 0 Å². The number of nitrogens with zero attached hydrogens (tertiary/aromatic N) is 1. The Kier molecular flexibility index (Phi) is 4.92. The van der Waals surface area contributed by atoms with E-state index in [0.29, 0.717) is 11.5 Å². The minimum absolute atomic E-state index is 0.229. The Labute approximate surface area is 112 Å². The monoisotopic (exact) mass is 263 g/mol. The molecule has 102 valence electrons. The molecule has 19 heavy (non-hydrogen) atoms. The van der Waals surface area contributed by atoms with Crippen LogP contribution in [0.25, 0.3) is 0 Å². The lowest BCUT2D eigenvalue weighted by molar-refractivity contribution is 0.220. The van der Waals surface area contributed by atoms with Crippen molar-refractivity contribution in [2.24, 2.45) is 5.92 Å². The van der Waals surface area contributed by atoms with Crippen molar-refractivity contribution in [3.8, 4) is 11.8 Å². The Morgan fingerprint density at radius 2 is 2.21 bits per heavy atom. The topological polar surface area (TPSA) is 43.7 Å². The maximum Gasteiger partial charge on any atom is 0.138 e. The first kappa shape index (κ1) is 14.0. The number of aliphatic hydroxyl groups excluding tert-OH is 2. The molecule has 0 radical (unpaired) electrons. The van der Waals surface area contributed by atoms with Gasteiger partial charge in [0, 0.05) is 19.7 Å². The second kappa shape index (κ2) is 6.67. The Balaban J connectivity index is 2.05. The van der Waals surface area contributed by atoms with Gasteiger partial charge in [-0.3, -0.25) is 4.90 Å². The highest BCUT2D eigenvalue weighted by atomic mass is 19.1. The summed E-state index contributed by atoms with van der Waals surface area (Å²) in [7, 11) is 0. The number of likely N-dealkylation sites (tertiary alicyclic amines) is 1. The van der Waals surface area contributed by atoms with E-state index in [1.54, 1.807) is 12.1 Å². The van der Waals surface area contributed by atoms with Crippen LogP contribution in [0.15, 0.2) is 18.2 Å². The van der Waals surface area contributed by atoms with Gasteiger partial charge in [-0.05, 0) is 36.6 Å². The highest BCUT2D eigenvalue weighted by molar-refractivity contribution is 5.38. The highest BCUT2D eigenvalue weighted by Gasteiger charge is 2.21. The lowest BCUT2D eigenvalue weighted by atomic mass is 10.1. The van der Waals surface area contributed by atoms with Crippen LogP contribution >= 0.6 is 0 Å². The first-order valence-corrected chi connectivity index (χ1v) is 6.44. The number of aliphatic hydroxyl groups is 2. The molecular weight excluding hydrogens is 245 g/mol. The molecular formula is C15H18FNO2. The van der Waals surface area contributed by atoms with Crippen LogP contribution in [-0.4, -0.2) is 41.4 Å².